The molecule has 4 nitrogen and oxygen atoms in total. The average molecular weight is 199 g/mol. The van der Waals surface area contributed by atoms with Crippen molar-refractivity contribution in [3.8, 4) is 0 Å². The molecule has 5 heteroatoms. The maximum Gasteiger partial charge on any atom is 0.289 e. The molecule has 0 radical (unpaired) electrons. The second-order valence-corrected chi connectivity index (χ2v) is 4.20. The van der Waals surface area contributed by atoms with Crippen LogP contribution in [0.15, 0.2) is 0 Å². The van der Waals surface area contributed by atoms with Crippen molar-refractivity contribution in [1.82, 2.24) is 4.90 Å². The Morgan fingerprint density at radius 3 is 2.62 bits per heavy atom. The highest BCUT2D eigenvalue weighted by atomic mass is 32.2. The molecule has 0 aromatic carbocycles. The van der Waals surface area contributed by atoms with Gasteiger partial charge in [0.25, 0.3) is 5.24 Å². The molecule has 0 aromatic heterocycles. The molecule has 0 unspecified atom stereocenters. The van der Waals surface area contributed by atoms with Gasteiger partial charge in [-0.3, -0.25) is 19.3 Å². The molecule has 1 saturated heterocycles. The zero-order valence-electron chi connectivity index (χ0n) is 6.99. The fourth-order valence-electron chi connectivity index (χ4n) is 1.22. The first-order chi connectivity index (χ1) is 6.18. The maximum absolute atomic E-state index is 11.3. The van der Waals surface area contributed by atoms with E-state index in [4.69, 9.17) is 0 Å². The van der Waals surface area contributed by atoms with E-state index >= 15 is 0 Å². The van der Waals surface area contributed by atoms with E-state index in [2.05, 4.69) is 0 Å². The predicted molar refractivity (Wildman–Crippen MR) is 47.3 cm³/mol. The van der Waals surface area contributed by atoms with Gasteiger partial charge in [0, 0.05) is 5.92 Å². The second kappa shape index (κ2) is 3.14. The Kier molecular flexibility index (Phi) is 2.11. The van der Waals surface area contributed by atoms with Crippen LogP contribution in [0.1, 0.15) is 12.8 Å². The van der Waals surface area contributed by atoms with Crippen LogP contribution in [-0.4, -0.2) is 34.1 Å². The van der Waals surface area contributed by atoms with Gasteiger partial charge in [0.2, 0.25) is 5.91 Å². The van der Waals surface area contributed by atoms with Crippen LogP contribution in [0.3, 0.4) is 0 Å². The van der Waals surface area contributed by atoms with Gasteiger partial charge in [0.05, 0.1) is 12.3 Å². The third kappa shape index (κ3) is 1.75. The molecular weight excluding hydrogens is 190 g/mol. The molecule has 2 fully saturated rings. The highest BCUT2D eigenvalue weighted by Crippen LogP contribution is 2.30. The summed E-state index contributed by atoms with van der Waals surface area (Å²) in [5.41, 5.74) is 0. The summed E-state index contributed by atoms with van der Waals surface area (Å²) in [4.78, 5) is 34.5. The van der Waals surface area contributed by atoms with Crippen LogP contribution < -0.4 is 0 Å². The van der Waals surface area contributed by atoms with E-state index in [0.717, 1.165) is 29.5 Å². The summed E-state index contributed by atoms with van der Waals surface area (Å²) in [5.74, 6) is 0.107. The summed E-state index contributed by atoms with van der Waals surface area (Å²) >= 11 is 0.973. The molecule has 0 N–H and O–H groups in total. The van der Waals surface area contributed by atoms with Gasteiger partial charge in [-0.05, 0) is 12.8 Å². The summed E-state index contributed by atoms with van der Waals surface area (Å²) in [5, 5.41) is -0.279. The highest BCUT2D eigenvalue weighted by molar-refractivity contribution is 8.14. The van der Waals surface area contributed by atoms with Gasteiger partial charge < -0.3 is 0 Å². The lowest BCUT2D eigenvalue weighted by atomic mass is 10.2. The molecule has 13 heavy (non-hydrogen) atoms. The molecule has 1 saturated carbocycles. The number of Topliss-reactive ketones (excluding diaryl/α,β-unsaturated/α-hetero) is 1. The topological polar surface area (TPSA) is 54.5 Å². The van der Waals surface area contributed by atoms with Crippen molar-refractivity contribution in [3.63, 3.8) is 0 Å². The Morgan fingerprint density at radius 1 is 1.46 bits per heavy atom. The minimum atomic E-state index is -0.279. The van der Waals surface area contributed by atoms with E-state index in [1.165, 1.54) is 0 Å². The van der Waals surface area contributed by atoms with Crippen LogP contribution in [-0.2, 0) is 9.59 Å². The van der Waals surface area contributed by atoms with E-state index in [9.17, 15) is 14.4 Å². The van der Waals surface area contributed by atoms with Crippen LogP contribution >= 0.6 is 11.8 Å². The lowest BCUT2D eigenvalue weighted by Gasteiger charge is -2.10. The quantitative estimate of drug-likeness (QED) is 0.670. The zero-order valence-corrected chi connectivity index (χ0v) is 7.80. The number of rotatable bonds is 3. The predicted octanol–water partition coefficient (Wildman–Crippen LogP) is 0.661. The lowest BCUT2D eigenvalue weighted by Crippen LogP contribution is -2.34. The van der Waals surface area contributed by atoms with E-state index in [-0.39, 0.29) is 35.1 Å². The van der Waals surface area contributed by atoms with Gasteiger partial charge in [-0.25, -0.2) is 0 Å². The molecule has 0 bridgehead atoms. The van der Waals surface area contributed by atoms with Gasteiger partial charge in [-0.15, -0.1) is 0 Å². The molecular formula is C8H9NO3S. The normalized spacial score (nSPS) is 22.6. The fraction of sp³-hybridized carbons (Fsp3) is 0.625. The fourth-order valence-corrected chi connectivity index (χ4v) is 1.95. The SMILES string of the molecule is O=C(CN1C(=O)CSC1=O)C1CC1. The first-order valence-electron chi connectivity index (χ1n) is 4.18. The largest absolute Gasteiger partial charge is 0.297 e. The van der Waals surface area contributed by atoms with Gasteiger partial charge in [0.15, 0.2) is 5.78 Å². The summed E-state index contributed by atoms with van der Waals surface area (Å²) in [6.07, 6.45) is 1.84. The number of amides is 2. The molecule has 0 aromatic rings. The minimum Gasteiger partial charge on any atom is -0.297 e. The van der Waals surface area contributed by atoms with Crippen LogP contribution in [0, 0.1) is 5.92 Å². The molecule has 1 aliphatic carbocycles. The third-order valence-electron chi connectivity index (χ3n) is 2.19. The highest BCUT2D eigenvalue weighted by Gasteiger charge is 2.36. The number of ketones is 1. The Labute approximate surface area is 79.6 Å². The summed E-state index contributed by atoms with van der Waals surface area (Å²) in [6.45, 7) is -0.00463. The average Bonchev–Trinajstić information content (AvgIpc) is 2.88. The van der Waals surface area contributed by atoms with Gasteiger partial charge in [-0.2, -0.15) is 0 Å². The summed E-state index contributed by atoms with van der Waals surface area (Å²) < 4.78 is 0. The molecule has 0 atom stereocenters. The number of carbonyl (C=O) groups is 3. The molecule has 1 aliphatic heterocycles. The van der Waals surface area contributed by atoms with Gasteiger partial charge >= 0.3 is 0 Å². The monoisotopic (exact) mass is 199 g/mol. The number of carbonyl (C=O) groups excluding carboxylic acids is 3. The van der Waals surface area contributed by atoms with E-state index in [1.54, 1.807) is 0 Å². The summed E-state index contributed by atoms with van der Waals surface area (Å²) in [6, 6.07) is 0. The number of hydrogen-bond donors (Lipinski definition) is 0. The second-order valence-electron chi connectivity index (χ2n) is 3.28. The van der Waals surface area contributed by atoms with Crippen LogP contribution in [0.4, 0.5) is 4.79 Å². The third-order valence-corrected chi connectivity index (χ3v) is 3.05. The van der Waals surface area contributed by atoms with Crippen molar-refractivity contribution in [2.45, 2.75) is 12.8 Å². The van der Waals surface area contributed by atoms with Gasteiger partial charge in [-0.1, -0.05) is 11.8 Å². The zero-order chi connectivity index (χ0) is 9.42. The van der Waals surface area contributed by atoms with Crippen molar-refractivity contribution in [2.75, 3.05) is 12.3 Å². The molecule has 2 rings (SSSR count). The number of imide groups is 1. The Morgan fingerprint density at radius 2 is 2.15 bits per heavy atom. The molecule has 2 amide bonds. The standard InChI is InChI=1S/C8H9NO3S/c10-6(5-1-2-5)3-9-7(11)4-13-8(9)12/h5H,1-4H2. The van der Waals surface area contributed by atoms with E-state index in [1.807, 2.05) is 0 Å². The van der Waals surface area contributed by atoms with E-state index in [0.29, 0.717) is 0 Å². The van der Waals surface area contributed by atoms with Crippen LogP contribution in [0.2, 0.25) is 0 Å². The number of thioether (sulfide) groups is 1. The van der Waals surface area contributed by atoms with Crippen molar-refractivity contribution in [3.05, 3.63) is 0 Å². The molecule has 2 aliphatic rings. The van der Waals surface area contributed by atoms with Gasteiger partial charge in [0.1, 0.15) is 0 Å². The van der Waals surface area contributed by atoms with Crippen molar-refractivity contribution < 1.29 is 14.4 Å². The lowest BCUT2D eigenvalue weighted by molar-refractivity contribution is -0.130. The summed E-state index contributed by atoms with van der Waals surface area (Å²) in [7, 11) is 0. The number of nitrogens with zero attached hydrogens (tertiary/aromatic N) is 1. The van der Waals surface area contributed by atoms with Crippen LogP contribution in [0.25, 0.3) is 0 Å². The molecule has 0 spiro atoms. The maximum atomic E-state index is 11.3. The first-order valence-corrected chi connectivity index (χ1v) is 5.17. The molecule has 70 valence electrons. The molecule has 1 heterocycles. The van der Waals surface area contributed by atoms with Crippen LogP contribution in [0.5, 0.6) is 0 Å². The van der Waals surface area contributed by atoms with Crippen molar-refractivity contribution in [2.24, 2.45) is 5.92 Å². The Hall–Kier alpha value is -0.840. The smallest absolute Gasteiger partial charge is 0.289 e. The number of hydrogen-bond acceptors (Lipinski definition) is 4. The van der Waals surface area contributed by atoms with Crippen molar-refractivity contribution >= 4 is 28.7 Å². The Bertz CT molecular complexity index is 269. The minimum absolute atomic E-state index is 0.00463. The van der Waals surface area contributed by atoms with E-state index < -0.39 is 0 Å². The Balaban J connectivity index is 1.95. The first kappa shape index (κ1) is 8.74. The van der Waals surface area contributed by atoms with Crippen molar-refractivity contribution in [1.29, 1.82) is 0 Å².